The number of hydrogen-bond donors (Lipinski definition) is 0. The van der Waals surface area contributed by atoms with E-state index >= 15 is 0 Å². The van der Waals surface area contributed by atoms with Gasteiger partial charge in [-0.1, -0.05) is 27.7 Å². The molecule has 46 heavy (non-hydrogen) atoms. The molecule has 2 aromatic rings. The first-order valence-corrected chi connectivity index (χ1v) is 15.9. The third kappa shape index (κ3) is 3.86. The molecule has 0 amide bonds. The minimum absolute atomic E-state index is 0.104. The van der Waals surface area contributed by atoms with Crippen LogP contribution in [0.15, 0.2) is 27.4 Å². The van der Waals surface area contributed by atoms with Crippen molar-refractivity contribution in [1.29, 1.82) is 0 Å². The Bertz CT molecular complexity index is 1750. The standard InChI is InChI=1S/C35H42O11/c1-18(2)42-21-11-10-20-19(3)16-23(36)44-25(20)24(21)22(43-29(40)35-15-13-33(9,27(38)46-35)31(35,6)7)17-41-28(39)34-14-12-32(8,26(37)45-34)30(34,4)5/h10-11,16,18,22H,12-15,17H2,1-9H3/t22-,32-,33-,34+,35+/m0/s1. The van der Waals surface area contributed by atoms with Crippen molar-refractivity contribution in [3.05, 3.63) is 39.7 Å². The molecule has 0 spiro atoms. The van der Waals surface area contributed by atoms with Crippen LogP contribution in [0.3, 0.4) is 0 Å². The highest BCUT2D eigenvalue weighted by Crippen LogP contribution is 2.67. The Kier molecular flexibility index (Phi) is 6.84. The van der Waals surface area contributed by atoms with Crippen molar-refractivity contribution < 1.29 is 47.3 Å². The van der Waals surface area contributed by atoms with E-state index in [1.54, 1.807) is 32.9 Å². The number of carbonyl (C=O) groups excluding carboxylic acids is 4. The monoisotopic (exact) mass is 638 g/mol. The second kappa shape index (κ2) is 9.81. The van der Waals surface area contributed by atoms with Gasteiger partial charge in [-0.05, 0) is 78.0 Å². The van der Waals surface area contributed by atoms with Crippen LogP contribution in [-0.4, -0.2) is 47.8 Å². The third-order valence-electron chi connectivity index (χ3n) is 12.2. The second-order valence-electron chi connectivity index (χ2n) is 15.1. The van der Waals surface area contributed by atoms with Gasteiger partial charge in [-0.15, -0.1) is 0 Å². The van der Waals surface area contributed by atoms with E-state index < -0.39 is 75.1 Å². The van der Waals surface area contributed by atoms with Crippen molar-refractivity contribution in [2.45, 2.75) is 111 Å². The van der Waals surface area contributed by atoms with Gasteiger partial charge < -0.3 is 28.1 Å². The van der Waals surface area contributed by atoms with E-state index in [0.29, 0.717) is 23.8 Å². The summed E-state index contributed by atoms with van der Waals surface area (Å²) in [6.07, 6.45) is -0.281. The minimum atomic E-state index is -1.59. The van der Waals surface area contributed by atoms with E-state index in [2.05, 4.69) is 0 Å². The van der Waals surface area contributed by atoms with Crippen LogP contribution >= 0.6 is 0 Å². The molecular formula is C35H42O11. The predicted octanol–water partition coefficient (Wildman–Crippen LogP) is 5.26. The summed E-state index contributed by atoms with van der Waals surface area (Å²) < 4.78 is 35.5. The molecule has 1 aromatic heterocycles. The van der Waals surface area contributed by atoms with Crippen LogP contribution in [0, 0.1) is 28.6 Å². The van der Waals surface area contributed by atoms with E-state index in [0.717, 1.165) is 0 Å². The SMILES string of the molecule is Cc1cc(=O)oc2c([C@H](COC(=O)[C@@]34CC[C@@](C)(C(=O)O3)C4(C)C)OC(=O)[C@@]34CC[C@@](C)(C(=O)O3)C4(C)C)c(OC(C)C)ccc12. The summed E-state index contributed by atoms with van der Waals surface area (Å²) in [6, 6.07) is 4.77. The first-order valence-electron chi connectivity index (χ1n) is 15.9. The number of carbonyl (C=O) groups is 4. The lowest BCUT2D eigenvalue weighted by molar-refractivity contribution is -0.195. The Balaban J connectivity index is 1.44. The lowest BCUT2D eigenvalue weighted by atomic mass is 9.66. The number of benzene rings is 1. The van der Waals surface area contributed by atoms with Crippen molar-refractivity contribution >= 4 is 34.8 Å². The van der Waals surface area contributed by atoms with Gasteiger partial charge in [0.25, 0.3) is 0 Å². The summed E-state index contributed by atoms with van der Waals surface area (Å²) in [7, 11) is 0. The number of aryl methyl sites for hydroxylation is 1. The Morgan fingerprint density at radius 2 is 1.37 bits per heavy atom. The fourth-order valence-electron chi connectivity index (χ4n) is 8.12. The maximum atomic E-state index is 14.3. The zero-order valence-corrected chi connectivity index (χ0v) is 27.9. The number of rotatable bonds is 8. The van der Waals surface area contributed by atoms with E-state index in [1.807, 2.05) is 41.5 Å². The van der Waals surface area contributed by atoms with Crippen molar-refractivity contribution in [3.63, 3.8) is 0 Å². The summed E-state index contributed by atoms with van der Waals surface area (Å²) in [5, 5.41) is 0.563. The Morgan fingerprint density at radius 3 is 1.85 bits per heavy atom. The Hall–Kier alpha value is -3.89. The molecule has 2 saturated carbocycles. The first kappa shape index (κ1) is 32.1. The molecule has 2 aliphatic heterocycles. The summed E-state index contributed by atoms with van der Waals surface area (Å²) in [5.41, 5.74) is -6.38. The topological polar surface area (TPSA) is 145 Å². The van der Waals surface area contributed by atoms with Gasteiger partial charge in [0, 0.05) is 22.3 Å². The first-order chi connectivity index (χ1) is 21.3. The lowest BCUT2D eigenvalue weighted by Crippen LogP contribution is -2.50. The molecule has 248 valence electrons. The molecule has 4 bridgehead atoms. The molecule has 0 N–H and O–H groups in total. The molecule has 4 aliphatic rings. The van der Waals surface area contributed by atoms with Crippen molar-refractivity contribution in [2.24, 2.45) is 21.7 Å². The van der Waals surface area contributed by atoms with Crippen molar-refractivity contribution in [1.82, 2.24) is 0 Å². The molecule has 2 saturated heterocycles. The maximum Gasteiger partial charge on any atom is 0.351 e. The number of ether oxygens (including phenoxy) is 5. The van der Waals surface area contributed by atoms with Gasteiger partial charge in [-0.25, -0.2) is 14.4 Å². The van der Waals surface area contributed by atoms with E-state index in [9.17, 15) is 24.0 Å². The highest BCUT2D eigenvalue weighted by molar-refractivity contribution is 5.95. The quantitative estimate of drug-likeness (QED) is 0.212. The highest BCUT2D eigenvalue weighted by Gasteiger charge is 2.78. The van der Waals surface area contributed by atoms with Gasteiger partial charge in [-0.2, -0.15) is 0 Å². The summed E-state index contributed by atoms with van der Waals surface area (Å²) in [4.78, 5) is 66.8. The minimum Gasteiger partial charge on any atom is -0.490 e. The fraction of sp³-hybridized carbons (Fsp3) is 0.629. The van der Waals surface area contributed by atoms with Crippen molar-refractivity contribution in [2.75, 3.05) is 6.61 Å². The molecule has 3 heterocycles. The van der Waals surface area contributed by atoms with Gasteiger partial charge in [0.1, 0.15) is 17.9 Å². The van der Waals surface area contributed by atoms with Crippen LogP contribution in [0.25, 0.3) is 11.0 Å². The average molecular weight is 639 g/mol. The van der Waals surface area contributed by atoms with Gasteiger partial charge in [0.05, 0.1) is 22.5 Å². The van der Waals surface area contributed by atoms with Crippen LogP contribution in [0.5, 0.6) is 5.75 Å². The predicted molar refractivity (Wildman–Crippen MR) is 163 cm³/mol. The number of fused-ring (bicyclic) bond motifs is 5. The molecule has 0 radical (unpaired) electrons. The highest BCUT2D eigenvalue weighted by atomic mass is 16.6. The van der Waals surface area contributed by atoms with Gasteiger partial charge >= 0.3 is 29.5 Å². The fourth-order valence-corrected chi connectivity index (χ4v) is 8.12. The molecule has 6 rings (SSSR count). The van der Waals surface area contributed by atoms with Crippen LogP contribution in [0.2, 0.25) is 0 Å². The van der Waals surface area contributed by atoms with Crippen LogP contribution in [-0.2, 0) is 38.1 Å². The zero-order valence-electron chi connectivity index (χ0n) is 27.9. The van der Waals surface area contributed by atoms with Crippen LogP contribution < -0.4 is 10.4 Å². The third-order valence-corrected chi connectivity index (χ3v) is 12.2. The maximum absolute atomic E-state index is 14.3. The summed E-state index contributed by atoms with van der Waals surface area (Å²) in [5.74, 6) is -2.27. The van der Waals surface area contributed by atoms with E-state index in [1.165, 1.54) is 6.07 Å². The number of hydrogen-bond acceptors (Lipinski definition) is 11. The van der Waals surface area contributed by atoms with E-state index in [-0.39, 0.29) is 35.8 Å². The summed E-state index contributed by atoms with van der Waals surface area (Å²) in [6.45, 7) is 15.7. The van der Waals surface area contributed by atoms with Gasteiger partial charge in [0.15, 0.2) is 6.10 Å². The smallest absolute Gasteiger partial charge is 0.351 e. The molecular weight excluding hydrogens is 596 g/mol. The largest absolute Gasteiger partial charge is 0.490 e. The molecule has 5 atom stereocenters. The average Bonchev–Trinajstić information content (AvgIpc) is 3.42. The Morgan fingerprint density at radius 1 is 0.826 bits per heavy atom. The zero-order chi connectivity index (χ0) is 33.8. The van der Waals surface area contributed by atoms with E-state index in [4.69, 9.17) is 28.1 Å². The summed E-state index contributed by atoms with van der Waals surface area (Å²) >= 11 is 0. The van der Waals surface area contributed by atoms with Crippen LogP contribution in [0.4, 0.5) is 0 Å². The van der Waals surface area contributed by atoms with Crippen molar-refractivity contribution in [3.8, 4) is 5.75 Å². The normalized spacial score (nSPS) is 32.4. The molecule has 0 unspecified atom stereocenters. The molecule has 1 aromatic carbocycles. The molecule has 11 heteroatoms. The molecule has 2 aliphatic carbocycles. The van der Waals surface area contributed by atoms with Gasteiger partial charge in [-0.3, -0.25) is 9.59 Å². The lowest BCUT2D eigenvalue weighted by Gasteiger charge is -2.36. The van der Waals surface area contributed by atoms with Gasteiger partial charge in [0.2, 0.25) is 11.2 Å². The van der Waals surface area contributed by atoms with Crippen LogP contribution in [0.1, 0.15) is 98.3 Å². The Labute approximate surface area is 267 Å². The molecule has 4 fully saturated rings. The molecule has 11 nitrogen and oxygen atoms in total. The second-order valence-corrected chi connectivity index (χ2v) is 15.1. The number of esters is 4.